The Labute approximate surface area is 184 Å². The molecule has 0 bridgehead atoms. The first-order chi connectivity index (χ1) is 15.6. The summed E-state index contributed by atoms with van der Waals surface area (Å²) in [5.74, 6) is 0.552. The molecule has 3 N–H and O–H groups in total. The van der Waals surface area contributed by atoms with Crippen molar-refractivity contribution in [2.24, 2.45) is 5.92 Å². The highest BCUT2D eigenvalue weighted by molar-refractivity contribution is 6.01. The maximum Gasteiger partial charge on any atom is 0.321 e. The number of rotatable bonds is 4. The fourth-order valence-electron chi connectivity index (χ4n) is 4.26. The second-order valence-electron chi connectivity index (χ2n) is 8.02. The molecule has 4 amide bonds. The molecule has 2 unspecified atom stereocenters. The summed E-state index contributed by atoms with van der Waals surface area (Å²) >= 11 is 0. The van der Waals surface area contributed by atoms with E-state index in [9.17, 15) is 14.4 Å². The summed E-state index contributed by atoms with van der Waals surface area (Å²) in [4.78, 5) is 46.9. The van der Waals surface area contributed by atoms with Gasteiger partial charge in [-0.2, -0.15) is 0 Å². The highest BCUT2D eigenvalue weighted by atomic mass is 16.2. The molecule has 164 valence electrons. The van der Waals surface area contributed by atoms with E-state index >= 15 is 0 Å². The number of carbonyl (C=O) groups is 3. The van der Waals surface area contributed by atoms with Crippen LogP contribution in [0.15, 0.2) is 48.9 Å². The van der Waals surface area contributed by atoms with Crippen molar-refractivity contribution in [3.05, 3.63) is 48.9 Å². The Kier molecular flexibility index (Phi) is 5.18. The number of amides is 4. The Morgan fingerprint density at radius 3 is 2.84 bits per heavy atom. The summed E-state index contributed by atoms with van der Waals surface area (Å²) in [5.41, 5.74) is 1.06. The first kappa shape index (κ1) is 20.0. The highest BCUT2D eigenvalue weighted by Crippen LogP contribution is 2.25. The third-order valence-electron chi connectivity index (χ3n) is 5.94. The van der Waals surface area contributed by atoms with Crippen LogP contribution in [0.1, 0.15) is 12.8 Å². The summed E-state index contributed by atoms with van der Waals surface area (Å²) in [6, 6.07) is 10.8. The molecule has 0 saturated carbocycles. The van der Waals surface area contributed by atoms with Crippen LogP contribution < -0.4 is 20.9 Å². The number of aromatic nitrogens is 3. The SMILES string of the molecule is O=C1NCC(NC(=O)C2CCCN(c3cc(-n4ccc5ccccc54)ncn3)C2)C(=O)N1. The van der Waals surface area contributed by atoms with Crippen molar-refractivity contribution >= 4 is 34.6 Å². The Bertz CT molecular complexity index is 1190. The molecule has 4 heterocycles. The molecule has 0 spiro atoms. The van der Waals surface area contributed by atoms with Crippen molar-refractivity contribution in [3.8, 4) is 5.82 Å². The fraction of sp³-hybridized carbons (Fsp3) is 0.318. The van der Waals surface area contributed by atoms with Gasteiger partial charge in [-0.05, 0) is 30.4 Å². The molecule has 2 atom stereocenters. The smallest absolute Gasteiger partial charge is 0.321 e. The second-order valence-corrected chi connectivity index (χ2v) is 8.02. The molecule has 2 aliphatic rings. The average Bonchev–Trinajstić information content (AvgIpc) is 3.25. The number of nitrogens with zero attached hydrogens (tertiary/aromatic N) is 4. The number of urea groups is 1. The van der Waals surface area contributed by atoms with E-state index in [-0.39, 0.29) is 18.4 Å². The van der Waals surface area contributed by atoms with E-state index in [1.165, 1.54) is 6.33 Å². The second kappa shape index (κ2) is 8.29. The molecule has 2 aliphatic heterocycles. The minimum Gasteiger partial charge on any atom is -0.356 e. The Morgan fingerprint density at radius 1 is 1.12 bits per heavy atom. The lowest BCUT2D eigenvalue weighted by atomic mass is 9.96. The number of fused-ring (bicyclic) bond motifs is 1. The Balaban J connectivity index is 1.30. The lowest BCUT2D eigenvalue weighted by Crippen LogP contribution is -2.62. The Hall–Kier alpha value is -3.95. The molecular weight excluding hydrogens is 410 g/mol. The number of nitrogens with one attached hydrogen (secondary N) is 3. The van der Waals surface area contributed by atoms with Gasteiger partial charge in [-0.15, -0.1) is 0 Å². The first-order valence-electron chi connectivity index (χ1n) is 10.6. The van der Waals surface area contributed by atoms with Crippen LogP contribution in [0, 0.1) is 5.92 Å². The van der Waals surface area contributed by atoms with E-state index in [1.807, 2.05) is 41.1 Å². The Morgan fingerprint density at radius 2 is 1.97 bits per heavy atom. The van der Waals surface area contributed by atoms with Gasteiger partial charge >= 0.3 is 6.03 Å². The molecule has 2 saturated heterocycles. The van der Waals surface area contributed by atoms with Crippen LogP contribution in [-0.4, -0.2) is 58.1 Å². The van der Waals surface area contributed by atoms with Gasteiger partial charge in [0.05, 0.1) is 11.4 Å². The third-order valence-corrected chi connectivity index (χ3v) is 5.94. The zero-order valence-electron chi connectivity index (χ0n) is 17.3. The molecule has 1 aromatic carbocycles. The monoisotopic (exact) mass is 433 g/mol. The third kappa shape index (κ3) is 3.86. The molecule has 10 heteroatoms. The molecular formula is C22H23N7O3. The number of carbonyl (C=O) groups excluding carboxylic acids is 3. The van der Waals surface area contributed by atoms with Gasteiger partial charge in [0.1, 0.15) is 24.0 Å². The van der Waals surface area contributed by atoms with E-state index in [1.54, 1.807) is 0 Å². The van der Waals surface area contributed by atoms with Crippen LogP contribution in [0.5, 0.6) is 0 Å². The number of anilines is 1. The quantitative estimate of drug-likeness (QED) is 0.564. The van der Waals surface area contributed by atoms with Gasteiger partial charge in [0.2, 0.25) is 5.91 Å². The van der Waals surface area contributed by atoms with Crippen molar-refractivity contribution < 1.29 is 14.4 Å². The van der Waals surface area contributed by atoms with Crippen molar-refractivity contribution in [2.75, 3.05) is 24.5 Å². The van der Waals surface area contributed by atoms with Gasteiger partial charge in [0, 0.05) is 31.9 Å². The number of imide groups is 1. The summed E-state index contributed by atoms with van der Waals surface area (Å²) in [7, 11) is 0. The average molecular weight is 433 g/mol. The topological polar surface area (TPSA) is 121 Å². The number of benzene rings is 1. The molecule has 2 aromatic heterocycles. The molecule has 32 heavy (non-hydrogen) atoms. The molecule has 10 nitrogen and oxygen atoms in total. The fourth-order valence-corrected chi connectivity index (χ4v) is 4.26. The summed E-state index contributed by atoms with van der Waals surface area (Å²) < 4.78 is 2.02. The van der Waals surface area contributed by atoms with E-state index in [0.717, 1.165) is 41.9 Å². The number of hydrogen-bond donors (Lipinski definition) is 3. The van der Waals surface area contributed by atoms with E-state index in [0.29, 0.717) is 6.54 Å². The van der Waals surface area contributed by atoms with E-state index in [2.05, 4.69) is 36.9 Å². The minimum atomic E-state index is -0.761. The van der Waals surface area contributed by atoms with E-state index < -0.39 is 18.0 Å². The van der Waals surface area contributed by atoms with Crippen LogP contribution in [0.4, 0.5) is 10.6 Å². The van der Waals surface area contributed by atoms with Crippen molar-refractivity contribution in [1.82, 2.24) is 30.5 Å². The normalized spacial score (nSPS) is 21.2. The maximum absolute atomic E-state index is 12.8. The van der Waals surface area contributed by atoms with Gasteiger partial charge < -0.3 is 20.1 Å². The van der Waals surface area contributed by atoms with Gasteiger partial charge in [0.25, 0.3) is 5.91 Å². The molecule has 3 aromatic rings. The first-order valence-corrected chi connectivity index (χ1v) is 10.6. The lowest BCUT2D eigenvalue weighted by Gasteiger charge is -2.34. The van der Waals surface area contributed by atoms with Gasteiger partial charge in [-0.1, -0.05) is 18.2 Å². The van der Waals surface area contributed by atoms with Gasteiger partial charge in [-0.25, -0.2) is 14.8 Å². The zero-order chi connectivity index (χ0) is 22.1. The lowest BCUT2D eigenvalue weighted by molar-refractivity contribution is -0.131. The maximum atomic E-state index is 12.8. The summed E-state index contributed by atoms with van der Waals surface area (Å²) in [5, 5.41) is 8.58. The van der Waals surface area contributed by atoms with Crippen LogP contribution in [0.3, 0.4) is 0 Å². The number of para-hydroxylation sites is 1. The molecule has 5 rings (SSSR count). The van der Waals surface area contributed by atoms with Gasteiger partial charge in [-0.3, -0.25) is 14.9 Å². The van der Waals surface area contributed by atoms with Crippen molar-refractivity contribution in [2.45, 2.75) is 18.9 Å². The predicted molar refractivity (Wildman–Crippen MR) is 117 cm³/mol. The zero-order valence-corrected chi connectivity index (χ0v) is 17.3. The molecule has 0 aliphatic carbocycles. The predicted octanol–water partition coefficient (Wildman–Crippen LogP) is 0.961. The number of piperidine rings is 1. The van der Waals surface area contributed by atoms with Crippen LogP contribution in [-0.2, 0) is 9.59 Å². The van der Waals surface area contributed by atoms with Crippen molar-refractivity contribution in [3.63, 3.8) is 0 Å². The highest BCUT2D eigenvalue weighted by Gasteiger charge is 2.32. The standard InChI is InChI=1S/C22H23N7O3/c30-20(26-16-11-23-22(32)27-21(16)31)15-5-3-8-28(12-15)18-10-19(25-13-24-18)29-9-7-14-4-1-2-6-17(14)29/h1-2,4,6-7,9-10,13,15-16H,3,5,8,11-12H2,(H,26,30)(H2,23,27,31,32). The van der Waals surface area contributed by atoms with E-state index in [4.69, 9.17) is 0 Å². The summed E-state index contributed by atoms with van der Waals surface area (Å²) in [6.07, 6.45) is 5.08. The number of hydrogen-bond acceptors (Lipinski definition) is 6. The minimum absolute atomic E-state index is 0.0902. The van der Waals surface area contributed by atoms with Crippen molar-refractivity contribution in [1.29, 1.82) is 0 Å². The molecule has 2 fully saturated rings. The largest absolute Gasteiger partial charge is 0.356 e. The van der Waals surface area contributed by atoms with Crippen LogP contribution in [0.25, 0.3) is 16.7 Å². The van der Waals surface area contributed by atoms with Crippen LogP contribution in [0.2, 0.25) is 0 Å². The van der Waals surface area contributed by atoms with Gasteiger partial charge in [0.15, 0.2) is 0 Å². The summed E-state index contributed by atoms with van der Waals surface area (Å²) in [6.45, 7) is 1.37. The molecule has 0 radical (unpaired) electrons. The van der Waals surface area contributed by atoms with Crippen LogP contribution >= 0.6 is 0 Å².